The summed E-state index contributed by atoms with van der Waals surface area (Å²) in [6.45, 7) is 0.102. The monoisotopic (exact) mass is 436 g/mol. The first-order chi connectivity index (χ1) is 12.8. The molecule has 0 atom stereocenters. The fourth-order valence-electron chi connectivity index (χ4n) is 2.71. The molecule has 0 saturated heterocycles. The van der Waals surface area contributed by atoms with Crippen LogP contribution in [0, 0.1) is 11.3 Å². The van der Waals surface area contributed by atoms with Crippen molar-refractivity contribution in [3.05, 3.63) is 74.5 Å². The summed E-state index contributed by atoms with van der Waals surface area (Å²) in [6.07, 6.45) is -3.13. The van der Waals surface area contributed by atoms with E-state index in [-0.39, 0.29) is 24.5 Å². The van der Waals surface area contributed by atoms with Crippen molar-refractivity contribution in [1.29, 1.82) is 5.26 Å². The Hall–Kier alpha value is -2.79. The van der Waals surface area contributed by atoms with Crippen LogP contribution >= 0.6 is 15.9 Å². The van der Waals surface area contributed by atoms with E-state index in [0.29, 0.717) is 15.4 Å². The summed E-state index contributed by atoms with van der Waals surface area (Å²) < 4.78 is 46.7. The van der Waals surface area contributed by atoms with E-state index in [9.17, 15) is 18.0 Å². The summed E-state index contributed by atoms with van der Waals surface area (Å²) >= 11 is 3.29. The molecule has 4 nitrogen and oxygen atoms in total. The highest BCUT2D eigenvalue weighted by molar-refractivity contribution is 9.10. The van der Waals surface area contributed by atoms with E-state index in [1.807, 2.05) is 6.07 Å². The van der Waals surface area contributed by atoms with Gasteiger partial charge in [0.25, 0.3) is 0 Å². The molecule has 2 aromatic carbocycles. The summed E-state index contributed by atoms with van der Waals surface area (Å²) in [5, 5.41) is 9.52. The molecular weight excluding hydrogens is 425 g/mol. The van der Waals surface area contributed by atoms with Crippen molar-refractivity contribution in [3.63, 3.8) is 0 Å². The molecule has 1 heterocycles. The number of hydrogen-bond acceptors (Lipinski definition) is 3. The molecular formula is C19H12BrF3N2O2. The molecule has 3 aromatic rings. The van der Waals surface area contributed by atoms with Crippen LogP contribution in [0.1, 0.15) is 11.1 Å². The zero-order valence-corrected chi connectivity index (χ0v) is 15.3. The van der Waals surface area contributed by atoms with E-state index >= 15 is 0 Å². The van der Waals surface area contributed by atoms with Crippen LogP contribution in [0.2, 0.25) is 0 Å². The van der Waals surface area contributed by atoms with Gasteiger partial charge in [-0.15, -0.1) is 0 Å². The molecule has 1 aromatic heterocycles. The molecule has 138 valence electrons. The van der Waals surface area contributed by atoms with Crippen LogP contribution < -0.4 is 10.2 Å². The molecule has 8 heteroatoms. The predicted octanol–water partition coefficient (Wildman–Crippen LogP) is 4.73. The number of rotatable bonds is 4. The molecule has 0 saturated carbocycles. The average molecular weight is 437 g/mol. The first-order valence-electron chi connectivity index (χ1n) is 7.83. The second-order valence-electron chi connectivity index (χ2n) is 5.68. The Balaban J connectivity index is 1.90. The number of halogens is 4. The number of alkyl halides is 3. The third-order valence-corrected chi connectivity index (χ3v) is 4.44. The largest absolute Gasteiger partial charge is 0.491 e. The fraction of sp³-hybridized carbons (Fsp3) is 0.158. The Morgan fingerprint density at radius 3 is 2.63 bits per heavy atom. The van der Waals surface area contributed by atoms with Gasteiger partial charge in [0.1, 0.15) is 24.0 Å². The average Bonchev–Trinajstić information content (AvgIpc) is 2.63. The number of nitriles is 1. The Morgan fingerprint density at radius 1 is 1.19 bits per heavy atom. The molecule has 3 rings (SSSR count). The van der Waals surface area contributed by atoms with Gasteiger partial charge in [0.15, 0.2) is 0 Å². The lowest BCUT2D eigenvalue weighted by Gasteiger charge is -2.15. The second kappa shape index (κ2) is 7.45. The van der Waals surface area contributed by atoms with Gasteiger partial charge in [0.2, 0.25) is 5.43 Å². The molecule has 0 aliphatic heterocycles. The van der Waals surface area contributed by atoms with Crippen molar-refractivity contribution < 1.29 is 17.9 Å². The quantitative estimate of drug-likeness (QED) is 0.593. The maximum absolute atomic E-state index is 13.0. The summed E-state index contributed by atoms with van der Waals surface area (Å²) in [7, 11) is 0. The summed E-state index contributed by atoms with van der Waals surface area (Å²) in [5.41, 5.74) is -0.726. The summed E-state index contributed by atoms with van der Waals surface area (Å²) in [4.78, 5) is 12.3. The number of benzene rings is 2. The lowest BCUT2D eigenvalue weighted by Crippen LogP contribution is -2.17. The van der Waals surface area contributed by atoms with Gasteiger partial charge in [-0.05, 0) is 30.3 Å². The van der Waals surface area contributed by atoms with Crippen LogP contribution in [-0.2, 0) is 12.7 Å². The highest BCUT2D eigenvalue weighted by Gasteiger charge is 2.33. The number of nitrogens with zero attached hydrogens (tertiary/aromatic N) is 2. The molecule has 27 heavy (non-hydrogen) atoms. The Kier molecular flexibility index (Phi) is 5.24. The highest BCUT2D eigenvalue weighted by atomic mass is 79.9. The van der Waals surface area contributed by atoms with Crippen molar-refractivity contribution in [2.45, 2.75) is 12.7 Å². The van der Waals surface area contributed by atoms with Crippen molar-refractivity contribution in [3.8, 4) is 11.8 Å². The van der Waals surface area contributed by atoms with Crippen LogP contribution in [0.3, 0.4) is 0 Å². The van der Waals surface area contributed by atoms with Crippen molar-refractivity contribution in [2.75, 3.05) is 6.61 Å². The number of hydrogen-bond donors (Lipinski definition) is 0. The summed E-state index contributed by atoms with van der Waals surface area (Å²) in [5.74, 6) is -0.265. The molecule has 0 aliphatic carbocycles. The lowest BCUT2D eigenvalue weighted by atomic mass is 10.1. The van der Waals surface area contributed by atoms with Crippen molar-refractivity contribution >= 4 is 26.8 Å². The zero-order chi connectivity index (χ0) is 19.6. The molecule has 0 bridgehead atoms. The maximum atomic E-state index is 13.0. The molecule has 0 spiro atoms. The van der Waals surface area contributed by atoms with Crippen molar-refractivity contribution in [1.82, 2.24) is 4.57 Å². The number of pyridine rings is 1. The Bertz CT molecular complexity index is 1100. The first-order valence-corrected chi connectivity index (χ1v) is 8.62. The van der Waals surface area contributed by atoms with E-state index < -0.39 is 17.2 Å². The van der Waals surface area contributed by atoms with Crippen LogP contribution in [0.4, 0.5) is 13.2 Å². The smallest absolute Gasteiger partial charge is 0.419 e. The minimum atomic E-state index is -4.51. The third kappa shape index (κ3) is 3.98. The minimum Gasteiger partial charge on any atom is -0.491 e. The number of ether oxygens (including phenoxy) is 1. The molecule has 0 radical (unpaired) electrons. The van der Waals surface area contributed by atoms with Crippen LogP contribution in [0.25, 0.3) is 10.9 Å². The van der Waals surface area contributed by atoms with E-state index in [1.165, 1.54) is 24.4 Å². The van der Waals surface area contributed by atoms with Gasteiger partial charge < -0.3 is 9.30 Å². The van der Waals surface area contributed by atoms with Gasteiger partial charge in [-0.1, -0.05) is 28.1 Å². The second-order valence-corrected chi connectivity index (χ2v) is 6.60. The standard InChI is InChI=1S/C19H12BrF3N2O2/c20-13-5-6-16-14(9-13)18(26)12(10-24)11-25(16)7-8-27-17-4-2-1-3-15(17)19(21,22)23/h1-6,9,11H,7-8H2. The van der Waals surface area contributed by atoms with Gasteiger partial charge >= 0.3 is 6.18 Å². The third-order valence-electron chi connectivity index (χ3n) is 3.94. The number of aromatic nitrogens is 1. The zero-order valence-electron chi connectivity index (χ0n) is 13.8. The van der Waals surface area contributed by atoms with Crippen LogP contribution in [0.15, 0.2) is 57.9 Å². The predicted molar refractivity (Wildman–Crippen MR) is 97.6 cm³/mol. The van der Waals surface area contributed by atoms with E-state index in [1.54, 1.807) is 22.8 Å². The fourth-order valence-corrected chi connectivity index (χ4v) is 3.08. The van der Waals surface area contributed by atoms with Gasteiger partial charge in [0.05, 0.1) is 17.6 Å². The van der Waals surface area contributed by atoms with Crippen LogP contribution in [0.5, 0.6) is 5.75 Å². The normalized spacial score (nSPS) is 11.4. The van der Waals surface area contributed by atoms with Gasteiger partial charge in [0, 0.05) is 16.1 Å². The topological polar surface area (TPSA) is 55.0 Å². The first kappa shape index (κ1) is 19.0. The van der Waals surface area contributed by atoms with Crippen molar-refractivity contribution in [2.24, 2.45) is 0 Å². The minimum absolute atomic E-state index is 0.0451. The molecule has 0 fully saturated rings. The Morgan fingerprint density at radius 2 is 1.93 bits per heavy atom. The maximum Gasteiger partial charge on any atom is 0.419 e. The molecule has 0 N–H and O–H groups in total. The highest BCUT2D eigenvalue weighted by Crippen LogP contribution is 2.35. The van der Waals surface area contributed by atoms with E-state index in [2.05, 4.69) is 15.9 Å². The number of fused-ring (bicyclic) bond motifs is 1. The van der Waals surface area contributed by atoms with Gasteiger partial charge in [-0.25, -0.2) is 0 Å². The lowest BCUT2D eigenvalue weighted by molar-refractivity contribution is -0.139. The molecule has 0 aliphatic rings. The van der Waals surface area contributed by atoms with E-state index in [4.69, 9.17) is 10.00 Å². The molecule has 0 amide bonds. The van der Waals surface area contributed by atoms with Gasteiger partial charge in [-0.3, -0.25) is 4.79 Å². The van der Waals surface area contributed by atoms with Gasteiger partial charge in [-0.2, -0.15) is 18.4 Å². The SMILES string of the molecule is N#Cc1cn(CCOc2ccccc2C(F)(F)F)c2ccc(Br)cc2c1=O. The number of para-hydroxylation sites is 1. The van der Waals surface area contributed by atoms with Crippen LogP contribution in [-0.4, -0.2) is 11.2 Å². The Labute approximate surface area is 160 Å². The molecule has 0 unspecified atom stereocenters. The summed E-state index contributed by atoms with van der Waals surface area (Å²) in [6, 6.07) is 11.9. The van der Waals surface area contributed by atoms with E-state index in [0.717, 1.165) is 6.07 Å².